The highest BCUT2D eigenvalue weighted by molar-refractivity contribution is 7.92. The van der Waals surface area contributed by atoms with Crippen molar-refractivity contribution in [2.75, 3.05) is 22.7 Å². The van der Waals surface area contributed by atoms with Crippen molar-refractivity contribution in [2.24, 2.45) is 5.41 Å². The number of piperidine rings is 1. The van der Waals surface area contributed by atoms with Crippen LogP contribution >= 0.6 is 0 Å². The number of nitro benzene ring substituents is 2. The molecule has 53 heavy (non-hydrogen) atoms. The summed E-state index contributed by atoms with van der Waals surface area (Å²) < 4.78 is 37.1. The largest absolute Gasteiger partial charge is 0.456 e. The van der Waals surface area contributed by atoms with Gasteiger partial charge < -0.3 is 9.64 Å². The number of anilines is 2. The molecule has 0 saturated carbocycles. The third-order valence-electron chi connectivity index (χ3n) is 9.65. The first kappa shape index (κ1) is 38.9. The first-order valence-corrected chi connectivity index (χ1v) is 18.9. The van der Waals surface area contributed by atoms with Crippen LogP contribution in [0.15, 0.2) is 64.3 Å². The summed E-state index contributed by atoms with van der Waals surface area (Å²) in [7, 11) is -4.70. The molecule has 1 aliphatic rings. The molecule has 15 heteroatoms. The van der Waals surface area contributed by atoms with Crippen LogP contribution in [-0.2, 0) is 21.3 Å². The predicted molar refractivity (Wildman–Crippen MR) is 204 cm³/mol. The molecule has 282 valence electrons. The molecule has 1 N–H and O–H groups in total. The van der Waals surface area contributed by atoms with E-state index in [0.717, 1.165) is 31.0 Å². The van der Waals surface area contributed by atoms with E-state index >= 15 is 0 Å². The van der Waals surface area contributed by atoms with Crippen molar-refractivity contribution in [3.8, 4) is 0 Å². The van der Waals surface area contributed by atoms with E-state index in [9.17, 15) is 38.2 Å². The molecule has 0 spiro atoms. The minimum atomic E-state index is -4.70. The molecule has 1 unspecified atom stereocenters. The lowest BCUT2D eigenvalue weighted by Crippen LogP contribution is -2.40. The molecule has 4 aromatic rings. The summed E-state index contributed by atoms with van der Waals surface area (Å²) in [5.74, 6) is -1.30. The van der Waals surface area contributed by atoms with Crippen LogP contribution in [0.1, 0.15) is 94.3 Å². The molecule has 0 aliphatic carbocycles. The summed E-state index contributed by atoms with van der Waals surface area (Å²) in [6.07, 6.45) is 1.81. The summed E-state index contributed by atoms with van der Waals surface area (Å²) >= 11 is 0. The Hall–Kier alpha value is -5.31. The Morgan fingerprint density at radius 3 is 2.23 bits per heavy atom. The van der Waals surface area contributed by atoms with Crippen LogP contribution in [0.4, 0.5) is 22.9 Å². The molecule has 5 rings (SSSR count). The first-order chi connectivity index (χ1) is 24.7. The number of hydrogen-bond donors (Lipinski definition) is 1. The number of hydrogen-bond acceptors (Lipinski definition) is 10. The van der Waals surface area contributed by atoms with Crippen LogP contribution in [0, 0.1) is 32.6 Å². The van der Waals surface area contributed by atoms with Gasteiger partial charge in [0.05, 0.1) is 15.4 Å². The lowest BCUT2D eigenvalue weighted by Gasteiger charge is -2.39. The quantitative estimate of drug-likeness (QED) is 0.0959. The van der Waals surface area contributed by atoms with Crippen LogP contribution in [0.2, 0.25) is 0 Å². The van der Waals surface area contributed by atoms with Crippen LogP contribution in [0.25, 0.3) is 10.8 Å². The standard InChI is InChI=1S/C38H45N5O9S/c1-9-41-32(40-18-16-38(7,8)17-19-40)22-27-26(20-23(2)21-28(27)35(41)44)24(3)33-30(42(46)47)15-14-29(34(33)43(48)49)39-53(50,51)31-13-11-10-12-25(31)36(45)52-37(4,5)6/h10-15,20-22,24,39H,9,16-19H2,1-8H3. The number of esters is 1. The summed E-state index contributed by atoms with van der Waals surface area (Å²) in [4.78, 5) is 52.5. The molecule has 0 bridgehead atoms. The average Bonchev–Trinajstić information content (AvgIpc) is 3.06. The average molecular weight is 748 g/mol. The van der Waals surface area contributed by atoms with E-state index in [4.69, 9.17) is 4.74 Å². The maximum atomic E-state index is 14.1. The van der Waals surface area contributed by atoms with Gasteiger partial charge in [0, 0.05) is 37.0 Å². The van der Waals surface area contributed by atoms with Gasteiger partial charge in [0.1, 0.15) is 27.6 Å². The topological polar surface area (TPSA) is 184 Å². The third-order valence-corrected chi connectivity index (χ3v) is 11.1. The van der Waals surface area contributed by atoms with Crippen molar-refractivity contribution in [1.29, 1.82) is 0 Å². The Kier molecular flexibility index (Phi) is 10.5. The van der Waals surface area contributed by atoms with E-state index in [2.05, 4.69) is 23.5 Å². The fraction of sp³-hybridized carbons (Fsp3) is 0.421. The summed E-state index contributed by atoms with van der Waals surface area (Å²) in [6, 6.07) is 12.6. The fourth-order valence-corrected chi connectivity index (χ4v) is 8.17. The van der Waals surface area contributed by atoms with Crippen LogP contribution in [0.3, 0.4) is 0 Å². The zero-order valence-corrected chi connectivity index (χ0v) is 32.0. The molecule has 0 radical (unpaired) electrons. The smallest absolute Gasteiger partial charge is 0.340 e. The maximum absolute atomic E-state index is 14.1. The van der Waals surface area contributed by atoms with Crippen molar-refractivity contribution in [3.63, 3.8) is 0 Å². The normalized spacial score (nSPS) is 15.2. The second-order valence-electron chi connectivity index (χ2n) is 15.3. The van der Waals surface area contributed by atoms with Gasteiger partial charge in [-0.25, -0.2) is 13.2 Å². The molecule has 0 amide bonds. The van der Waals surface area contributed by atoms with Gasteiger partial charge in [-0.2, -0.15) is 0 Å². The number of fused-ring (bicyclic) bond motifs is 1. The first-order valence-electron chi connectivity index (χ1n) is 17.4. The minimum absolute atomic E-state index is 0.143. The van der Waals surface area contributed by atoms with Gasteiger partial charge in [0.15, 0.2) is 0 Å². The number of nitro groups is 2. The number of carbonyl (C=O) groups is 1. The van der Waals surface area contributed by atoms with E-state index in [0.29, 0.717) is 47.4 Å². The highest BCUT2D eigenvalue weighted by atomic mass is 32.2. The molecule has 1 saturated heterocycles. The fourth-order valence-electron chi connectivity index (χ4n) is 6.91. The zero-order chi connectivity index (χ0) is 39.2. The Labute approximate surface area is 308 Å². The van der Waals surface area contributed by atoms with Gasteiger partial charge in [0.2, 0.25) is 0 Å². The molecule has 2 heterocycles. The summed E-state index contributed by atoms with van der Waals surface area (Å²) in [5, 5.41) is 26.2. The number of benzene rings is 3. The van der Waals surface area contributed by atoms with E-state index < -0.39 is 59.3 Å². The lowest BCUT2D eigenvalue weighted by atomic mass is 9.82. The third kappa shape index (κ3) is 7.89. The highest BCUT2D eigenvalue weighted by Gasteiger charge is 2.37. The number of nitrogens with one attached hydrogen (secondary N) is 1. The number of aryl methyl sites for hydroxylation is 1. The van der Waals surface area contributed by atoms with E-state index in [1.165, 1.54) is 18.2 Å². The van der Waals surface area contributed by atoms with Crippen LogP contribution in [-0.4, -0.2) is 47.5 Å². The van der Waals surface area contributed by atoms with Crippen LogP contribution < -0.4 is 15.2 Å². The second kappa shape index (κ2) is 14.3. The van der Waals surface area contributed by atoms with Gasteiger partial charge >= 0.3 is 11.7 Å². The minimum Gasteiger partial charge on any atom is -0.456 e. The SMILES string of the molecule is CCn1c(N2CCC(C)(C)CC2)cc2c(C(C)c3c([N+](=O)[O-])ccc(NS(=O)(=O)c4ccccc4C(=O)OC(C)(C)C)c3[N+](=O)[O-])cc(C)cc2c1=O. The molecule has 14 nitrogen and oxygen atoms in total. The molecule has 1 aromatic heterocycles. The number of sulfonamides is 1. The van der Waals surface area contributed by atoms with Gasteiger partial charge in [-0.3, -0.25) is 34.3 Å². The molecule has 1 fully saturated rings. The number of carbonyl (C=O) groups excluding carboxylic acids is 1. The second-order valence-corrected chi connectivity index (χ2v) is 16.9. The molecule has 3 aromatic carbocycles. The van der Waals surface area contributed by atoms with E-state index in [1.54, 1.807) is 51.3 Å². The Bertz CT molecular complexity index is 2300. The number of ether oxygens (including phenoxy) is 1. The van der Waals surface area contributed by atoms with E-state index in [-0.39, 0.29) is 22.1 Å². The Morgan fingerprint density at radius 2 is 1.64 bits per heavy atom. The monoisotopic (exact) mass is 747 g/mol. The number of pyridine rings is 1. The number of nitrogens with zero attached hydrogens (tertiary/aromatic N) is 4. The van der Waals surface area contributed by atoms with Gasteiger partial charge in [-0.15, -0.1) is 0 Å². The van der Waals surface area contributed by atoms with Crippen molar-refractivity contribution in [3.05, 3.63) is 107 Å². The highest BCUT2D eigenvalue weighted by Crippen LogP contribution is 2.45. The predicted octanol–water partition coefficient (Wildman–Crippen LogP) is 7.68. The summed E-state index contributed by atoms with van der Waals surface area (Å²) in [6.45, 7) is 16.3. The zero-order valence-electron chi connectivity index (χ0n) is 31.2. The van der Waals surface area contributed by atoms with Crippen molar-refractivity contribution in [1.82, 2.24) is 4.57 Å². The number of rotatable bonds is 10. The molecular formula is C38H45N5O9S. The Morgan fingerprint density at radius 1 is 1.00 bits per heavy atom. The molecule has 1 atom stereocenters. The van der Waals surface area contributed by atoms with Gasteiger partial charge in [-0.05, 0) is 99.7 Å². The number of aromatic nitrogens is 1. The lowest BCUT2D eigenvalue weighted by molar-refractivity contribution is -0.395. The maximum Gasteiger partial charge on any atom is 0.340 e. The molecule has 1 aliphatic heterocycles. The van der Waals surface area contributed by atoms with E-state index in [1.807, 2.05) is 13.0 Å². The van der Waals surface area contributed by atoms with Crippen molar-refractivity contribution >= 4 is 49.6 Å². The summed E-state index contributed by atoms with van der Waals surface area (Å²) in [5.41, 5.74) is -2.59. The molecular weight excluding hydrogens is 703 g/mol. The van der Waals surface area contributed by atoms with Crippen molar-refractivity contribution < 1.29 is 27.8 Å². The Balaban J connectivity index is 1.71. The van der Waals surface area contributed by atoms with Gasteiger partial charge in [0.25, 0.3) is 21.3 Å². The van der Waals surface area contributed by atoms with Gasteiger partial charge in [-0.1, -0.05) is 39.0 Å². The van der Waals surface area contributed by atoms with Crippen LogP contribution in [0.5, 0.6) is 0 Å². The van der Waals surface area contributed by atoms with Crippen molar-refractivity contribution in [2.45, 2.75) is 91.2 Å².